The molecule has 0 aliphatic rings. The first-order valence-corrected chi connectivity index (χ1v) is 28.7. The van der Waals surface area contributed by atoms with E-state index in [9.17, 15) is 14.4 Å². The molecule has 0 rings (SSSR count). The molecule has 0 amide bonds. The van der Waals surface area contributed by atoms with Crippen LogP contribution in [0.15, 0.2) is 0 Å². The Kier molecular flexibility index (Phi) is 49.6. The highest BCUT2D eigenvalue weighted by Gasteiger charge is 2.19. The van der Waals surface area contributed by atoms with E-state index in [2.05, 4.69) is 34.6 Å². The fourth-order valence-corrected chi connectivity index (χ4v) is 8.87. The molecule has 0 aromatic carbocycles. The zero-order valence-corrected chi connectivity index (χ0v) is 43.9. The van der Waals surface area contributed by atoms with Crippen LogP contribution in [-0.4, -0.2) is 37.2 Å². The van der Waals surface area contributed by atoms with Gasteiger partial charge in [0.2, 0.25) is 0 Å². The third-order valence-corrected chi connectivity index (χ3v) is 13.2. The molecule has 64 heavy (non-hydrogen) atoms. The van der Waals surface area contributed by atoms with Gasteiger partial charge in [-0.2, -0.15) is 0 Å². The second-order valence-electron chi connectivity index (χ2n) is 20.9. The molecule has 0 fully saturated rings. The van der Waals surface area contributed by atoms with E-state index >= 15 is 0 Å². The lowest BCUT2D eigenvalue weighted by molar-refractivity contribution is -0.167. The number of esters is 3. The average Bonchev–Trinajstić information content (AvgIpc) is 3.27. The zero-order valence-electron chi connectivity index (χ0n) is 43.9. The summed E-state index contributed by atoms with van der Waals surface area (Å²) in [4.78, 5) is 38.0. The second-order valence-corrected chi connectivity index (χ2v) is 20.9. The predicted octanol–water partition coefficient (Wildman–Crippen LogP) is 18.9. The third kappa shape index (κ3) is 51.4. The SMILES string of the molecule is CCCCCCCCCCCCC(=O)O[C@H](COC(=O)CCCCCCCCCCCCCCCCCCCCC(C)C)COC(=O)CCCCCCCCCCCCCCC(C)C. The van der Waals surface area contributed by atoms with Crippen LogP contribution >= 0.6 is 0 Å². The smallest absolute Gasteiger partial charge is 0.306 e. The van der Waals surface area contributed by atoms with Gasteiger partial charge in [-0.15, -0.1) is 0 Å². The predicted molar refractivity (Wildman–Crippen MR) is 275 cm³/mol. The van der Waals surface area contributed by atoms with Crippen LogP contribution in [0, 0.1) is 11.8 Å². The highest BCUT2D eigenvalue weighted by molar-refractivity contribution is 5.71. The molecular formula is C58H112O6. The van der Waals surface area contributed by atoms with E-state index in [1.807, 2.05) is 0 Å². The van der Waals surface area contributed by atoms with Gasteiger partial charge in [-0.1, -0.05) is 285 Å². The van der Waals surface area contributed by atoms with Gasteiger partial charge in [0.15, 0.2) is 6.10 Å². The van der Waals surface area contributed by atoms with Crippen LogP contribution in [0.2, 0.25) is 0 Å². The molecule has 0 radical (unpaired) electrons. The minimum atomic E-state index is -0.761. The van der Waals surface area contributed by atoms with Crippen molar-refractivity contribution in [3.8, 4) is 0 Å². The van der Waals surface area contributed by atoms with E-state index in [4.69, 9.17) is 14.2 Å². The van der Waals surface area contributed by atoms with Gasteiger partial charge < -0.3 is 14.2 Å². The van der Waals surface area contributed by atoms with Crippen LogP contribution in [0.4, 0.5) is 0 Å². The minimum Gasteiger partial charge on any atom is -0.462 e. The summed E-state index contributed by atoms with van der Waals surface area (Å²) < 4.78 is 16.9. The van der Waals surface area contributed by atoms with E-state index in [-0.39, 0.29) is 31.1 Å². The zero-order chi connectivity index (χ0) is 46.8. The molecule has 0 saturated heterocycles. The van der Waals surface area contributed by atoms with Crippen molar-refractivity contribution in [3.63, 3.8) is 0 Å². The summed E-state index contributed by atoms with van der Waals surface area (Å²) in [5, 5.41) is 0. The number of carbonyl (C=O) groups excluding carboxylic acids is 3. The lowest BCUT2D eigenvalue weighted by Gasteiger charge is -2.18. The van der Waals surface area contributed by atoms with E-state index in [0.29, 0.717) is 19.3 Å². The Morgan fingerprint density at radius 2 is 0.516 bits per heavy atom. The van der Waals surface area contributed by atoms with Crippen LogP contribution in [-0.2, 0) is 28.6 Å². The molecule has 0 saturated carbocycles. The molecule has 0 spiro atoms. The van der Waals surface area contributed by atoms with Crippen molar-refractivity contribution in [1.29, 1.82) is 0 Å². The number of hydrogen-bond donors (Lipinski definition) is 0. The van der Waals surface area contributed by atoms with Crippen molar-refractivity contribution in [2.24, 2.45) is 11.8 Å². The maximum atomic E-state index is 12.8. The Hall–Kier alpha value is -1.59. The van der Waals surface area contributed by atoms with E-state index in [1.165, 1.54) is 212 Å². The molecule has 380 valence electrons. The van der Waals surface area contributed by atoms with Crippen LogP contribution in [0.3, 0.4) is 0 Å². The van der Waals surface area contributed by atoms with Gasteiger partial charge in [-0.25, -0.2) is 0 Å². The summed E-state index contributed by atoms with van der Waals surface area (Å²) in [5.41, 5.74) is 0. The van der Waals surface area contributed by atoms with Crippen molar-refractivity contribution in [1.82, 2.24) is 0 Å². The standard InChI is InChI=1S/C58H112O6/c1-6-7-8-9-10-11-28-35-40-45-50-58(61)64-55(52-63-57(60)49-44-39-34-30-25-21-20-23-27-32-37-42-47-54(4)5)51-62-56(59)48-43-38-33-29-24-19-17-15-13-12-14-16-18-22-26-31-36-41-46-53(2)3/h53-55H,6-52H2,1-5H3/t55-/m1/s1. The quantitative estimate of drug-likeness (QED) is 0.0344. The number of rotatable bonds is 52. The largest absolute Gasteiger partial charge is 0.462 e. The first kappa shape index (κ1) is 62.4. The highest BCUT2D eigenvalue weighted by Crippen LogP contribution is 2.18. The van der Waals surface area contributed by atoms with Gasteiger partial charge >= 0.3 is 17.9 Å². The Balaban J connectivity index is 4.19. The topological polar surface area (TPSA) is 78.9 Å². The van der Waals surface area contributed by atoms with E-state index < -0.39 is 6.10 Å². The monoisotopic (exact) mass is 905 g/mol. The summed E-state index contributed by atoms with van der Waals surface area (Å²) in [7, 11) is 0. The van der Waals surface area contributed by atoms with Crippen molar-refractivity contribution >= 4 is 17.9 Å². The van der Waals surface area contributed by atoms with Crippen LogP contribution in [0.5, 0.6) is 0 Å². The summed E-state index contributed by atoms with van der Waals surface area (Å²) >= 11 is 0. The fraction of sp³-hybridized carbons (Fsp3) is 0.948. The molecule has 0 heterocycles. The third-order valence-electron chi connectivity index (χ3n) is 13.2. The van der Waals surface area contributed by atoms with Crippen molar-refractivity contribution in [2.45, 2.75) is 330 Å². The van der Waals surface area contributed by atoms with E-state index in [0.717, 1.165) is 69.6 Å². The number of ether oxygens (including phenoxy) is 3. The number of hydrogen-bond acceptors (Lipinski definition) is 6. The Labute approximate surface area is 399 Å². The first-order valence-electron chi connectivity index (χ1n) is 28.7. The molecule has 6 nitrogen and oxygen atoms in total. The van der Waals surface area contributed by atoms with E-state index in [1.54, 1.807) is 0 Å². The molecular weight excluding hydrogens is 793 g/mol. The summed E-state index contributed by atoms with van der Waals surface area (Å²) in [6.45, 7) is 11.4. The van der Waals surface area contributed by atoms with Gasteiger partial charge in [0.25, 0.3) is 0 Å². The van der Waals surface area contributed by atoms with Gasteiger partial charge in [-0.05, 0) is 31.1 Å². The molecule has 0 aromatic rings. The molecule has 1 atom stereocenters. The lowest BCUT2D eigenvalue weighted by atomic mass is 10.0. The molecule has 0 bridgehead atoms. The van der Waals surface area contributed by atoms with Gasteiger partial charge in [0.1, 0.15) is 13.2 Å². The fourth-order valence-electron chi connectivity index (χ4n) is 8.87. The van der Waals surface area contributed by atoms with Gasteiger partial charge in [0.05, 0.1) is 0 Å². The molecule has 0 aromatic heterocycles. The first-order chi connectivity index (χ1) is 31.2. The average molecular weight is 906 g/mol. The summed E-state index contributed by atoms with van der Waals surface area (Å²) in [6, 6.07) is 0. The number of unbranched alkanes of at least 4 members (excludes halogenated alkanes) is 37. The minimum absolute atomic E-state index is 0.0628. The Bertz CT molecular complexity index is 978. The normalized spacial score (nSPS) is 12.0. The summed E-state index contributed by atoms with van der Waals surface area (Å²) in [6.07, 6.45) is 53.9. The Morgan fingerprint density at radius 1 is 0.297 bits per heavy atom. The van der Waals surface area contributed by atoms with Crippen LogP contribution < -0.4 is 0 Å². The molecule has 0 unspecified atom stereocenters. The van der Waals surface area contributed by atoms with Crippen molar-refractivity contribution in [3.05, 3.63) is 0 Å². The van der Waals surface area contributed by atoms with Crippen LogP contribution in [0.25, 0.3) is 0 Å². The molecule has 6 heteroatoms. The highest BCUT2D eigenvalue weighted by atomic mass is 16.6. The maximum Gasteiger partial charge on any atom is 0.306 e. The molecule has 0 aliphatic carbocycles. The van der Waals surface area contributed by atoms with Crippen molar-refractivity contribution in [2.75, 3.05) is 13.2 Å². The maximum absolute atomic E-state index is 12.8. The number of carbonyl (C=O) groups is 3. The lowest BCUT2D eigenvalue weighted by Crippen LogP contribution is -2.30. The Morgan fingerprint density at radius 3 is 0.766 bits per heavy atom. The summed E-state index contributed by atoms with van der Waals surface area (Å²) in [5.74, 6) is 0.851. The second kappa shape index (κ2) is 50.8. The molecule has 0 N–H and O–H groups in total. The van der Waals surface area contributed by atoms with Crippen molar-refractivity contribution < 1.29 is 28.6 Å². The molecule has 0 aliphatic heterocycles. The van der Waals surface area contributed by atoms with Gasteiger partial charge in [0, 0.05) is 19.3 Å². The van der Waals surface area contributed by atoms with Gasteiger partial charge in [-0.3, -0.25) is 14.4 Å². The van der Waals surface area contributed by atoms with Crippen LogP contribution in [0.1, 0.15) is 324 Å².